The molecule has 8 heteroatoms. The van der Waals surface area contributed by atoms with Gasteiger partial charge in [-0.15, -0.1) is 11.3 Å². The van der Waals surface area contributed by atoms with E-state index in [1.54, 1.807) is 11.3 Å². The number of hydrogen-bond acceptors (Lipinski definition) is 5. The Labute approximate surface area is 171 Å². The number of nitrogens with one attached hydrogen (secondary N) is 1. The topological polar surface area (TPSA) is 54.0 Å². The molecular weight excluding hydrogens is 430 g/mol. The van der Waals surface area contributed by atoms with Gasteiger partial charge in [-0.25, -0.2) is 4.79 Å². The summed E-state index contributed by atoms with van der Waals surface area (Å²) in [4.78, 5) is 18.1. The van der Waals surface area contributed by atoms with Gasteiger partial charge in [0.2, 0.25) is 0 Å². The van der Waals surface area contributed by atoms with Crippen molar-refractivity contribution in [1.29, 1.82) is 0 Å². The van der Waals surface area contributed by atoms with Crippen LogP contribution in [0.15, 0.2) is 40.2 Å². The molecule has 2 aliphatic heterocycles. The predicted octanol–water partition coefficient (Wildman–Crippen LogP) is 3.18. The van der Waals surface area contributed by atoms with Crippen molar-refractivity contribution in [2.24, 2.45) is 0 Å². The molecule has 144 valence electrons. The Morgan fingerprint density at radius 3 is 2.67 bits per heavy atom. The number of ether oxygens (including phenoxy) is 2. The van der Waals surface area contributed by atoms with E-state index in [2.05, 4.69) is 38.3 Å². The van der Waals surface area contributed by atoms with Gasteiger partial charge in [0, 0.05) is 37.6 Å². The molecule has 2 amide bonds. The van der Waals surface area contributed by atoms with Crippen LogP contribution in [0, 0.1) is 0 Å². The molecule has 4 rings (SSSR count). The minimum Gasteiger partial charge on any atom is -0.486 e. The maximum atomic E-state index is 12.5. The molecule has 27 heavy (non-hydrogen) atoms. The first-order valence-electron chi connectivity index (χ1n) is 9.05. The lowest BCUT2D eigenvalue weighted by Gasteiger charge is -2.35. The summed E-state index contributed by atoms with van der Waals surface area (Å²) >= 11 is 5.27. The van der Waals surface area contributed by atoms with Crippen LogP contribution >= 0.6 is 27.3 Å². The highest BCUT2D eigenvalue weighted by Gasteiger charge is 2.24. The number of fused-ring (bicyclic) bond motifs is 1. The van der Waals surface area contributed by atoms with Crippen LogP contribution in [-0.4, -0.2) is 61.3 Å². The Morgan fingerprint density at radius 2 is 1.93 bits per heavy atom. The van der Waals surface area contributed by atoms with Crippen LogP contribution < -0.4 is 14.8 Å². The molecule has 0 bridgehead atoms. The van der Waals surface area contributed by atoms with E-state index in [9.17, 15) is 4.79 Å². The maximum Gasteiger partial charge on any atom is 0.317 e. The van der Waals surface area contributed by atoms with Gasteiger partial charge in [0.1, 0.15) is 6.61 Å². The molecule has 0 aliphatic carbocycles. The zero-order valence-corrected chi connectivity index (χ0v) is 17.3. The fourth-order valence-corrected chi connectivity index (χ4v) is 4.77. The van der Waals surface area contributed by atoms with Gasteiger partial charge in [0.15, 0.2) is 17.6 Å². The summed E-state index contributed by atoms with van der Waals surface area (Å²) in [5.41, 5.74) is 0. The lowest BCUT2D eigenvalue weighted by atomic mass is 10.2. The van der Waals surface area contributed by atoms with Crippen molar-refractivity contribution < 1.29 is 14.3 Å². The maximum absolute atomic E-state index is 12.5. The molecule has 3 heterocycles. The first kappa shape index (κ1) is 18.6. The number of thiophene rings is 1. The number of para-hydroxylation sites is 2. The van der Waals surface area contributed by atoms with Crippen LogP contribution in [-0.2, 0) is 6.54 Å². The quantitative estimate of drug-likeness (QED) is 0.775. The number of hydrogen-bond donors (Lipinski definition) is 1. The third-order valence-electron chi connectivity index (χ3n) is 4.72. The number of amides is 2. The molecule has 1 N–H and O–H groups in total. The Kier molecular flexibility index (Phi) is 5.85. The molecule has 1 aromatic heterocycles. The minimum absolute atomic E-state index is 0.0315. The number of halogens is 1. The summed E-state index contributed by atoms with van der Waals surface area (Å²) in [6.45, 7) is 5.08. The molecule has 1 aromatic carbocycles. The summed E-state index contributed by atoms with van der Waals surface area (Å²) in [7, 11) is 0. The first-order valence-corrected chi connectivity index (χ1v) is 10.7. The van der Waals surface area contributed by atoms with Crippen molar-refractivity contribution >= 4 is 33.3 Å². The smallest absolute Gasteiger partial charge is 0.317 e. The van der Waals surface area contributed by atoms with Gasteiger partial charge >= 0.3 is 6.03 Å². The lowest BCUT2D eigenvalue weighted by molar-refractivity contribution is 0.0877. The summed E-state index contributed by atoms with van der Waals surface area (Å²) in [5.74, 6) is 1.49. The van der Waals surface area contributed by atoms with Crippen LogP contribution in [0.4, 0.5) is 4.79 Å². The summed E-state index contributed by atoms with van der Waals surface area (Å²) in [5, 5.41) is 2.98. The number of carbonyl (C=O) groups is 1. The molecule has 0 saturated carbocycles. The van der Waals surface area contributed by atoms with Crippen molar-refractivity contribution in [3.8, 4) is 11.5 Å². The molecule has 2 aliphatic rings. The van der Waals surface area contributed by atoms with Crippen molar-refractivity contribution in [3.05, 3.63) is 45.1 Å². The lowest BCUT2D eigenvalue weighted by Crippen LogP contribution is -2.53. The van der Waals surface area contributed by atoms with Crippen LogP contribution in [0.2, 0.25) is 0 Å². The number of carbonyl (C=O) groups excluding carboxylic acids is 1. The summed E-state index contributed by atoms with van der Waals surface area (Å²) in [6.07, 6.45) is -0.164. The van der Waals surface area contributed by atoms with E-state index in [4.69, 9.17) is 9.47 Å². The number of piperazine rings is 1. The van der Waals surface area contributed by atoms with E-state index in [-0.39, 0.29) is 12.1 Å². The predicted molar refractivity (Wildman–Crippen MR) is 109 cm³/mol. The second-order valence-electron chi connectivity index (χ2n) is 6.65. The van der Waals surface area contributed by atoms with Gasteiger partial charge in [-0.1, -0.05) is 12.1 Å². The highest BCUT2D eigenvalue weighted by atomic mass is 79.9. The number of benzene rings is 1. The van der Waals surface area contributed by atoms with Crippen molar-refractivity contribution in [1.82, 2.24) is 15.1 Å². The van der Waals surface area contributed by atoms with Crippen LogP contribution in [0.25, 0.3) is 0 Å². The highest BCUT2D eigenvalue weighted by molar-refractivity contribution is 9.11. The fraction of sp³-hybridized carbons (Fsp3) is 0.421. The van der Waals surface area contributed by atoms with E-state index in [0.717, 1.165) is 48.0 Å². The molecule has 0 radical (unpaired) electrons. The van der Waals surface area contributed by atoms with E-state index >= 15 is 0 Å². The normalized spacial score (nSPS) is 19.7. The molecule has 2 aromatic rings. The van der Waals surface area contributed by atoms with Crippen molar-refractivity contribution in [2.75, 3.05) is 39.3 Å². The summed E-state index contributed by atoms with van der Waals surface area (Å²) < 4.78 is 12.7. The van der Waals surface area contributed by atoms with E-state index in [1.807, 2.05) is 29.2 Å². The Hall–Kier alpha value is -1.77. The van der Waals surface area contributed by atoms with Crippen molar-refractivity contribution in [2.45, 2.75) is 12.6 Å². The van der Waals surface area contributed by atoms with Crippen LogP contribution in [0.5, 0.6) is 11.5 Å². The van der Waals surface area contributed by atoms with Gasteiger partial charge in [0.05, 0.1) is 10.3 Å². The van der Waals surface area contributed by atoms with E-state index < -0.39 is 0 Å². The SMILES string of the molecule is O=C(NCC1COc2ccccc2O1)N1CCN(Cc2ccc(Br)s2)CC1. The van der Waals surface area contributed by atoms with Gasteiger partial charge in [0.25, 0.3) is 0 Å². The molecule has 1 saturated heterocycles. The number of urea groups is 1. The summed E-state index contributed by atoms with van der Waals surface area (Å²) in [6, 6.07) is 11.8. The van der Waals surface area contributed by atoms with E-state index in [1.165, 1.54) is 4.88 Å². The van der Waals surface area contributed by atoms with Gasteiger partial charge in [-0.3, -0.25) is 4.90 Å². The standard InChI is InChI=1S/C19H22BrN3O3S/c20-18-6-5-15(27-18)12-22-7-9-23(10-8-22)19(24)21-11-14-13-25-16-3-1-2-4-17(16)26-14/h1-6,14H,7-13H2,(H,21,24). The van der Waals surface area contributed by atoms with Crippen LogP contribution in [0.1, 0.15) is 4.88 Å². The molecular formula is C19H22BrN3O3S. The average molecular weight is 452 g/mol. The molecule has 1 atom stereocenters. The van der Waals surface area contributed by atoms with E-state index in [0.29, 0.717) is 13.2 Å². The second kappa shape index (κ2) is 8.50. The Morgan fingerprint density at radius 1 is 1.15 bits per heavy atom. The number of rotatable bonds is 4. The average Bonchev–Trinajstić information content (AvgIpc) is 3.11. The molecule has 1 unspecified atom stereocenters. The molecule has 6 nitrogen and oxygen atoms in total. The number of nitrogens with zero attached hydrogens (tertiary/aromatic N) is 2. The molecule has 0 spiro atoms. The van der Waals surface area contributed by atoms with Crippen molar-refractivity contribution in [3.63, 3.8) is 0 Å². The largest absolute Gasteiger partial charge is 0.486 e. The molecule has 1 fully saturated rings. The monoisotopic (exact) mass is 451 g/mol. The zero-order valence-electron chi connectivity index (χ0n) is 14.9. The fourth-order valence-electron chi connectivity index (χ4n) is 3.24. The third kappa shape index (κ3) is 4.75. The first-order chi connectivity index (χ1) is 13.2. The third-order valence-corrected chi connectivity index (χ3v) is 6.32. The Bertz CT molecular complexity index is 792. The van der Waals surface area contributed by atoms with Crippen LogP contribution in [0.3, 0.4) is 0 Å². The van der Waals surface area contributed by atoms with Gasteiger partial charge in [-0.05, 0) is 40.2 Å². The minimum atomic E-state index is -0.164. The van der Waals surface area contributed by atoms with Gasteiger partial charge in [-0.2, -0.15) is 0 Å². The Balaban J connectivity index is 1.20. The highest BCUT2D eigenvalue weighted by Crippen LogP contribution is 2.30. The van der Waals surface area contributed by atoms with Gasteiger partial charge < -0.3 is 19.7 Å². The second-order valence-corrected chi connectivity index (χ2v) is 9.20. The zero-order chi connectivity index (χ0) is 18.6.